The SMILES string of the molecule is c1ccc(CN2CCP(C3CC3)CC2)cc1. The highest BCUT2D eigenvalue weighted by Crippen LogP contribution is 2.54. The van der Waals surface area contributed by atoms with Crippen LogP contribution in [0.4, 0.5) is 0 Å². The summed E-state index contributed by atoms with van der Waals surface area (Å²) in [5.41, 5.74) is 2.65. The Labute approximate surface area is 99.6 Å². The lowest BCUT2D eigenvalue weighted by molar-refractivity contribution is 0.291. The van der Waals surface area contributed by atoms with E-state index in [0.717, 1.165) is 6.54 Å². The van der Waals surface area contributed by atoms with Crippen LogP contribution in [0.2, 0.25) is 0 Å². The standard InChI is InChI=1S/C14H20NP/c1-2-4-13(5-3-1)12-15-8-10-16(11-9-15)14-6-7-14/h1-5,14H,6-12H2. The first-order chi connectivity index (χ1) is 7.92. The van der Waals surface area contributed by atoms with Crippen LogP contribution in [0.1, 0.15) is 18.4 Å². The van der Waals surface area contributed by atoms with Gasteiger partial charge in [0, 0.05) is 19.6 Å². The van der Waals surface area contributed by atoms with E-state index in [9.17, 15) is 0 Å². The van der Waals surface area contributed by atoms with Crippen molar-refractivity contribution in [3.8, 4) is 0 Å². The third-order valence-electron chi connectivity index (χ3n) is 3.72. The lowest BCUT2D eigenvalue weighted by atomic mass is 10.2. The lowest BCUT2D eigenvalue weighted by Crippen LogP contribution is -2.33. The van der Waals surface area contributed by atoms with Gasteiger partial charge >= 0.3 is 0 Å². The maximum absolute atomic E-state index is 2.64. The molecule has 0 aromatic heterocycles. The molecule has 0 unspecified atom stereocenters. The predicted molar refractivity (Wildman–Crippen MR) is 71.4 cm³/mol. The van der Waals surface area contributed by atoms with E-state index < -0.39 is 0 Å². The zero-order valence-corrected chi connectivity index (χ0v) is 10.7. The van der Waals surface area contributed by atoms with Crippen LogP contribution in [-0.2, 0) is 6.54 Å². The van der Waals surface area contributed by atoms with Crippen molar-refractivity contribution >= 4 is 7.92 Å². The Balaban J connectivity index is 1.50. The molecule has 1 saturated heterocycles. The lowest BCUT2D eigenvalue weighted by Gasteiger charge is -2.32. The monoisotopic (exact) mass is 233 g/mol. The van der Waals surface area contributed by atoms with Crippen LogP contribution in [0, 0.1) is 0 Å². The zero-order valence-electron chi connectivity index (χ0n) is 9.81. The highest BCUT2D eigenvalue weighted by Gasteiger charge is 2.32. The van der Waals surface area contributed by atoms with Crippen molar-refractivity contribution in [1.29, 1.82) is 0 Å². The number of benzene rings is 1. The summed E-state index contributed by atoms with van der Waals surface area (Å²) >= 11 is 0. The molecule has 0 N–H and O–H groups in total. The molecular formula is C14H20NP. The molecule has 86 valence electrons. The Kier molecular flexibility index (Phi) is 3.26. The van der Waals surface area contributed by atoms with Crippen molar-refractivity contribution in [2.24, 2.45) is 0 Å². The topological polar surface area (TPSA) is 3.24 Å². The van der Waals surface area contributed by atoms with Gasteiger partial charge in [-0.1, -0.05) is 30.3 Å². The molecule has 2 aliphatic rings. The molecule has 1 nitrogen and oxygen atoms in total. The third-order valence-corrected chi connectivity index (χ3v) is 6.82. The van der Waals surface area contributed by atoms with E-state index in [2.05, 4.69) is 35.2 Å². The molecule has 16 heavy (non-hydrogen) atoms. The Morgan fingerprint density at radius 2 is 1.75 bits per heavy atom. The van der Waals surface area contributed by atoms with Gasteiger partial charge in [0.05, 0.1) is 0 Å². The van der Waals surface area contributed by atoms with E-state index in [1.807, 2.05) is 0 Å². The van der Waals surface area contributed by atoms with Crippen molar-refractivity contribution in [1.82, 2.24) is 4.90 Å². The highest BCUT2D eigenvalue weighted by molar-refractivity contribution is 7.58. The summed E-state index contributed by atoms with van der Waals surface area (Å²) < 4.78 is 0. The second-order valence-corrected chi connectivity index (χ2v) is 7.83. The van der Waals surface area contributed by atoms with Crippen molar-refractivity contribution in [3.63, 3.8) is 0 Å². The van der Waals surface area contributed by atoms with E-state index in [1.54, 1.807) is 12.8 Å². The molecule has 0 bridgehead atoms. The molecule has 1 aliphatic carbocycles. The molecule has 0 amide bonds. The normalized spacial score (nSPS) is 23.5. The summed E-state index contributed by atoms with van der Waals surface area (Å²) in [5.74, 6) is 0. The van der Waals surface area contributed by atoms with Gasteiger partial charge in [0.2, 0.25) is 0 Å². The Morgan fingerprint density at radius 3 is 2.38 bits per heavy atom. The Morgan fingerprint density at radius 1 is 1.06 bits per heavy atom. The molecule has 1 saturated carbocycles. The van der Waals surface area contributed by atoms with Gasteiger partial charge in [0.15, 0.2) is 0 Å². The van der Waals surface area contributed by atoms with Crippen LogP contribution >= 0.6 is 7.92 Å². The van der Waals surface area contributed by atoms with E-state index in [1.165, 1.54) is 36.6 Å². The molecule has 0 radical (unpaired) electrons. The molecule has 1 aromatic carbocycles. The van der Waals surface area contributed by atoms with Gasteiger partial charge in [0.25, 0.3) is 0 Å². The molecule has 1 heterocycles. The second kappa shape index (κ2) is 4.85. The van der Waals surface area contributed by atoms with Crippen LogP contribution in [-0.4, -0.2) is 36.0 Å². The number of rotatable bonds is 3. The summed E-state index contributed by atoms with van der Waals surface area (Å²) in [6.07, 6.45) is 6.11. The van der Waals surface area contributed by atoms with Crippen molar-refractivity contribution in [3.05, 3.63) is 35.9 Å². The van der Waals surface area contributed by atoms with Gasteiger partial charge in [-0.05, 0) is 36.4 Å². The maximum Gasteiger partial charge on any atom is 0.0234 e. The van der Waals surface area contributed by atoms with Crippen LogP contribution < -0.4 is 0 Å². The predicted octanol–water partition coefficient (Wildman–Crippen LogP) is 3.15. The second-order valence-electron chi connectivity index (χ2n) is 5.03. The van der Waals surface area contributed by atoms with Crippen LogP contribution in [0.25, 0.3) is 0 Å². The fourth-order valence-electron chi connectivity index (χ4n) is 2.57. The van der Waals surface area contributed by atoms with Crippen molar-refractivity contribution < 1.29 is 0 Å². The molecule has 0 atom stereocenters. The molecule has 1 aliphatic heterocycles. The summed E-state index contributed by atoms with van der Waals surface area (Å²) in [6.45, 7) is 3.85. The average molecular weight is 233 g/mol. The Hall–Kier alpha value is -0.390. The Bertz CT molecular complexity index is 326. The fourth-order valence-corrected chi connectivity index (χ4v) is 5.48. The van der Waals surface area contributed by atoms with Crippen LogP contribution in [0.3, 0.4) is 0 Å². The minimum Gasteiger partial charge on any atom is -0.298 e. The zero-order chi connectivity index (χ0) is 10.8. The summed E-state index contributed by atoms with van der Waals surface area (Å²) in [5, 5.41) is 0. The molecule has 2 heteroatoms. The van der Waals surface area contributed by atoms with E-state index in [-0.39, 0.29) is 0 Å². The van der Waals surface area contributed by atoms with E-state index >= 15 is 0 Å². The first-order valence-electron chi connectivity index (χ1n) is 6.42. The minimum absolute atomic E-state index is 0.437. The average Bonchev–Trinajstić information content (AvgIpc) is 3.15. The fraction of sp³-hybridized carbons (Fsp3) is 0.571. The number of hydrogen-bond donors (Lipinski definition) is 0. The summed E-state index contributed by atoms with van der Waals surface area (Å²) in [6, 6.07) is 10.9. The maximum atomic E-state index is 2.64. The first kappa shape index (κ1) is 10.7. The first-order valence-corrected chi connectivity index (χ1v) is 8.20. The van der Waals surface area contributed by atoms with Crippen molar-refractivity contribution in [2.45, 2.75) is 25.0 Å². The number of hydrogen-bond acceptors (Lipinski definition) is 1. The minimum atomic E-state index is 0.437. The molecule has 0 spiro atoms. The van der Waals surface area contributed by atoms with Gasteiger partial charge in [-0.15, -0.1) is 7.92 Å². The third kappa shape index (κ3) is 2.64. The van der Waals surface area contributed by atoms with E-state index in [4.69, 9.17) is 0 Å². The van der Waals surface area contributed by atoms with E-state index in [0.29, 0.717) is 7.92 Å². The van der Waals surface area contributed by atoms with Gasteiger partial charge in [-0.25, -0.2) is 0 Å². The van der Waals surface area contributed by atoms with Crippen LogP contribution in [0.5, 0.6) is 0 Å². The smallest absolute Gasteiger partial charge is 0.0234 e. The van der Waals surface area contributed by atoms with Crippen molar-refractivity contribution in [2.75, 3.05) is 25.4 Å². The van der Waals surface area contributed by atoms with Gasteiger partial charge in [-0.2, -0.15) is 0 Å². The van der Waals surface area contributed by atoms with Crippen LogP contribution in [0.15, 0.2) is 30.3 Å². The summed E-state index contributed by atoms with van der Waals surface area (Å²) in [4.78, 5) is 2.64. The molecule has 3 rings (SSSR count). The quantitative estimate of drug-likeness (QED) is 0.725. The molecule has 1 aromatic rings. The molecule has 2 fully saturated rings. The number of nitrogens with zero attached hydrogens (tertiary/aromatic N) is 1. The highest BCUT2D eigenvalue weighted by atomic mass is 31.1. The molecular weight excluding hydrogens is 213 g/mol. The van der Waals surface area contributed by atoms with Gasteiger partial charge in [-0.3, -0.25) is 4.90 Å². The largest absolute Gasteiger partial charge is 0.298 e. The summed E-state index contributed by atoms with van der Waals surface area (Å²) in [7, 11) is 0.437. The van der Waals surface area contributed by atoms with Gasteiger partial charge in [0.1, 0.15) is 0 Å². The van der Waals surface area contributed by atoms with Gasteiger partial charge < -0.3 is 0 Å².